The molecule has 284 valence electrons. The predicted molar refractivity (Wildman–Crippen MR) is 222 cm³/mol. The maximum Gasteiger partial charge on any atom is 0.335 e. The molecule has 13 heteroatoms. The Balaban J connectivity index is 0.000000189. The standard InChI is InChI=1S/C22H15NO4S.C21H13NO5S.CH4/c1-14-23(17-5-3-2-4-6-17)21(24)20(28-14)13-18-11-12-19(27-18)15-7-9-16(10-8-15)22(25)26;23-19-18(28-21(26)22(19)15-4-2-1-3-5-15)12-16-10-11-17(27-16)13-6-8-14(9-7-13)20(24)25;/h2-13H,1H2,(H,25,26);1-12H,(H,24,25);1H4/b20-13-;18-12-;. The van der Waals surface area contributed by atoms with Gasteiger partial charge < -0.3 is 19.0 Å². The number of imide groups is 1. The third-order valence-corrected chi connectivity index (χ3v) is 10.1. The van der Waals surface area contributed by atoms with E-state index in [0.717, 1.165) is 27.9 Å². The average molecular weight is 797 g/mol. The van der Waals surface area contributed by atoms with E-state index in [1.807, 2.05) is 36.4 Å². The summed E-state index contributed by atoms with van der Waals surface area (Å²) in [7, 11) is 0. The van der Waals surface area contributed by atoms with Crippen molar-refractivity contribution in [1.82, 2.24) is 4.57 Å². The number of anilines is 1. The Hall–Kier alpha value is -7.22. The Morgan fingerprint density at radius 2 is 1.09 bits per heavy atom. The van der Waals surface area contributed by atoms with Crippen LogP contribution in [0.25, 0.3) is 47.1 Å². The van der Waals surface area contributed by atoms with E-state index in [2.05, 4.69) is 6.58 Å². The summed E-state index contributed by atoms with van der Waals surface area (Å²) >= 11 is 2.15. The second-order valence-corrected chi connectivity index (χ2v) is 14.1. The first-order valence-electron chi connectivity index (χ1n) is 16.7. The Labute approximate surface area is 333 Å². The molecular weight excluding hydrogens is 765 g/mol. The van der Waals surface area contributed by atoms with Gasteiger partial charge in [-0.05, 0) is 84.6 Å². The highest BCUT2D eigenvalue weighted by atomic mass is 32.2. The summed E-state index contributed by atoms with van der Waals surface area (Å²) in [6, 6.07) is 37.8. The number of para-hydroxylation sites is 2. The molecule has 8 rings (SSSR count). The van der Waals surface area contributed by atoms with Gasteiger partial charge in [-0.25, -0.2) is 14.5 Å². The van der Waals surface area contributed by atoms with Gasteiger partial charge in [0.1, 0.15) is 23.0 Å². The lowest BCUT2D eigenvalue weighted by molar-refractivity contribution is -0.113. The highest BCUT2D eigenvalue weighted by molar-refractivity contribution is 8.19. The molecule has 0 aliphatic carbocycles. The van der Waals surface area contributed by atoms with E-state index in [0.29, 0.717) is 43.5 Å². The van der Waals surface area contributed by atoms with Gasteiger partial charge in [0.15, 0.2) is 0 Å². The molecule has 4 heterocycles. The van der Waals surface area contributed by atoms with Crippen LogP contribution >= 0.6 is 23.1 Å². The van der Waals surface area contributed by atoms with Crippen LogP contribution in [0.1, 0.15) is 39.7 Å². The summed E-state index contributed by atoms with van der Waals surface area (Å²) in [6.07, 6.45) is 3.22. The number of hydrogen-bond donors (Lipinski definition) is 2. The van der Waals surface area contributed by atoms with Crippen LogP contribution in [0, 0.1) is 0 Å². The van der Waals surface area contributed by atoms with E-state index in [1.54, 1.807) is 83.4 Å². The molecule has 11 nitrogen and oxygen atoms in total. The molecule has 1 saturated heterocycles. The van der Waals surface area contributed by atoms with Crippen molar-refractivity contribution in [2.24, 2.45) is 0 Å². The maximum absolute atomic E-state index is 12.8. The fourth-order valence-corrected chi connectivity index (χ4v) is 7.33. The molecule has 0 saturated carbocycles. The summed E-state index contributed by atoms with van der Waals surface area (Å²) in [4.78, 5) is 60.9. The van der Waals surface area contributed by atoms with Crippen LogP contribution in [-0.4, -0.2) is 37.9 Å². The van der Waals surface area contributed by atoms with Gasteiger partial charge in [-0.1, -0.05) is 74.7 Å². The van der Waals surface area contributed by atoms with Gasteiger partial charge in [0.2, 0.25) is 0 Å². The Morgan fingerprint density at radius 1 is 0.614 bits per heavy atom. The van der Waals surface area contributed by atoms with Gasteiger partial charge in [-0.15, -0.1) is 11.3 Å². The first kappa shape index (κ1) is 39.5. The van der Waals surface area contributed by atoms with Gasteiger partial charge >= 0.3 is 11.9 Å². The molecule has 57 heavy (non-hydrogen) atoms. The van der Waals surface area contributed by atoms with Crippen molar-refractivity contribution in [2.75, 3.05) is 4.90 Å². The average Bonchev–Trinajstić information content (AvgIpc) is 3.99. The zero-order valence-electron chi connectivity index (χ0n) is 29.0. The topological polar surface area (TPSA) is 160 Å². The smallest absolute Gasteiger partial charge is 0.335 e. The fraction of sp³-hybridized carbons (Fsp3) is 0.0227. The number of carbonyl (C=O) groups is 4. The van der Waals surface area contributed by atoms with Gasteiger partial charge in [0.05, 0.1) is 36.6 Å². The third kappa shape index (κ3) is 8.70. The quantitative estimate of drug-likeness (QED) is 0.143. The molecule has 0 atom stereocenters. The van der Waals surface area contributed by atoms with E-state index < -0.39 is 17.8 Å². The summed E-state index contributed by atoms with van der Waals surface area (Å²) in [5.41, 5.74) is 3.01. The largest absolute Gasteiger partial charge is 0.478 e. The first-order valence-corrected chi connectivity index (χ1v) is 18.4. The fourth-order valence-electron chi connectivity index (χ4n) is 5.62. The monoisotopic (exact) mass is 796 g/mol. The lowest BCUT2D eigenvalue weighted by atomic mass is 10.1. The summed E-state index contributed by atoms with van der Waals surface area (Å²) < 4.78 is 14.3. The highest BCUT2D eigenvalue weighted by Gasteiger charge is 2.36. The minimum atomic E-state index is -0.999. The van der Waals surface area contributed by atoms with Gasteiger partial charge in [0, 0.05) is 23.3 Å². The number of rotatable bonds is 8. The molecule has 0 bridgehead atoms. The number of aromatic carboxylic acids is 2. The van der Waals surface area contributed by atoms with Crippen LogP contribution in [0.15, 0.2) is 152 Å². The van der Waals surface area contributed by atoms with Crippen molar-refractivity contribution < 1.29 is 38.2 Å². The van der Waals surface area contributed by atoms with Gasteiger partial charge in [-0.3, -0.25) is 19.0 Å². The normalized spacial score (nSPS) is 13.3. The Morgan fingerprint density at radius 3 is 1.58 bits per heavy atom. The predicted octanol–water partition coefficient (Wildman–Crippen LogP) is 8.62. The van der Waals surface area contributed by atoms with E-state index in [9.17, 15) is 24.0 Å². The van der Waals surface area contributed by atoms with E-state index in [4.69, 9.17) is 19.0 Å². The number of carboxylic acids is 2. The number of furan rings is 2. The van der Waals surface area contributed by atoms with Crippen LogP contribution in [0.5, 0.6) is 0 Å². The highest BCUT2D eigenvalue weighted by Crippen LogP contribution is 2.36. The van der Waals surface area contributed by atoms with E-state index in [1.165, 1.54) is 41.7 Å². The molecule has 0 unspecified atom stereocenters. The second-order valence-electron chi connectivity index (χ2n) is 12.0. The van der Waals surface area contributed by atoms with Crippen molar-refractivity contribution >= 4 is 70.6 Å². The number of carbonyl (C=O) groups excluding carboxylic acids is 2. The number of carboxylic acid groups (broad SMARTS) is 2. The molecule has 0 spiro atoms. The molecular formula is C44H32N2O9S2. The second kappa shape index (κ2) is 17.1. The SMILES string of the molecule is C.C=c1s/c(=C\c2ccc(-c3ccc(C(=O)O)cc3)o2)c(=O)n1-c1ccccc1.O=C(O)c1ccc(-c2ccc(/C=C3\SC(=O)N(c4ccccc4)C3=O)o2)cc1. The number of amides is 2. The van der Waals surface area contributed by atoms with E-state index >= 15 is 0 Å². The van der Waals surface area contributed by atoms with E-state index in [-0.39, 0.29) is 34.3 Å². The molecule has 1 aliphatic rings. The van der Waals surface area contributed by atoms with Crippen molar-refractivity contribution in [2.45, 2.75) is 7.43 Å². The van der Waals surface area contributed by atoms with Gasteiger partial charge in [-0.2, -0.15) is 0 Å². The van der Waals surface area contributed by atoms with Crippen LogP contribution in [0.4, 0.5) is 10.5 Å². The van der Waals surface area contributed by atoms with Crippen LogP contribution < -0.4 is 19.7 Å². The zero-order valence-corrected chi connectivity index (χ0v) is 30.7. The van der Waals surface area contributed by atoms with Crippen molar-refractivity contribution in [3.63, 3.8) is 0 Å². The molecule has 3 aromatic heterocycles. The summed E-state index contributed by atoms with van der Waals surface area (Å²) in [5, 5.41) is 17.6. The van der Waals surface area contributed by atoms with Crippen LogP contribution in [-0.2, 0) is 4.79 Å². The summed E-state index contributed by atoms with van der Waals surface area (Å²) in [6.45, 7) is 3.98. The number of thioether (sulfide) groups is 1. The molecule has 1 fully saturated rings. The number of benzene rings is 4. The lowest BCUT2D eigenvalue weighted by Gasteiger charge is -2.11. The first-order chi connectivity index (χ1) is 27.0. The number of thiazole rings is 1. The summed E-state index contributed by atoms with van der Waals surface area (Å²) in [5.74, 6) is -0.280. The van der Waals surface area contributed by atoms with Crippen molar-refractivity contribution in [1.29, 1.82) is 0 Å². The number of aromatic nitrogens is 1. The molecule has 4 aromatic carbocycles. The molecule has 1 aliphatic heterocycles. The molecule has 7 aromatic rings. The minimum absolute atomic E-state index is 0. The Kier molecular flexibility index (Phi) is 11.8. The Bertz CT molecular complexity index is 2800. The van der Waals surface area contributed by atoms with Crippen LogP contribution in [0.2, 0.25) is 0 Å². The van der Waals surface area contributed by atoms with Gasteiger partial charge in [0.25, 0.3) is 16.7 Å². The third-order valence-electron chi connectivity index (χ3n) is 8.35. The van der Waals surface area contributed by atoms with Crippen molar-refractivity contribution in [3.8, 4) is 28.3 Å². The maximum atomic E-state index is 12.8. The number of nitrogens with zero attached hydrogens (tertiary/aromatic N) is 2. The molecule has 0 radical (unpaired) electrons. The van der Waals surface area contributed by atoms with Crippen molar-refractivity contribution in [3.05, 3.63) is 181 Å². The molecule has 2 N–H and O–H groups in total. The minimum Gasteiger partial charge on any atom is -0.478 e. The number of hydrogen-bond acceptors (Lipinski definition) is 9. The zero-order chi connectivity index (χ0) is 39.3. The lowest BCUT2D eigenvalue weighted by Crippen LogP contribution is -2.29. The molecule has 2 amide bonds. The van der Waals surface area contributed by atoms with Crippen LogP contribution in [0.3, 0.4) is 0 Å².